The average molecular weight is 255 g/mol. The molecule has 4 nitrogen and oxygen atoms in total. The van der Waals surface area contributed by atoms with Crippen LogP contribution in [-0.2, 0) is 14.6 Å². The smallest absolute Gasteiger partial charge is 0.245 e. The van der Waals surface area contributed by atoms with Crippen molar-refractivity contribution in [3.63, 3.8) is 0 Å². The highest BCUT2D eigenvalue weighted by Crippen LogP contribution is 2.16. The summed E-state index contributed by atoms with van der Waals surface area (Å²) in [4.78, 5) is 13.5. The van der Waals surface area contributed by atoms with Crippen molar-refractivity contribution in [2.75, 3.05) is 17.7 Å². The van der Waals surface area contributed by atoms with Crippen LogP contribution in [0.5, 0.6) is 0 Å². The fourth-order valence-corrected chi connectivity index (χ4v) is 1.97. The molecule has 1 unspecified atom stereocenters. The van der Waals surface area contributed by atoms with E-state index in [0.29, 0.717) is 6.54 Å². The number of carbonyl (C=O) groups excluding carboxylic acids is 1. The minimum absolute atomic E-state index is 0.388. The van der Waals surface area contributed by atoms with Gasteiger partial charge in [0.25, 0.3) is 0 Å². The number of para-hydroxylation sites is 1. The number of amides is 1. The third-order valence-electron chi connectivity index (χ3n) is 2.64. The molecule has 17 heavy (non-hydrogen) atoms. The molecule has 5 heteroatoms. The topological polar surface area (TPSA) is 54.5 Å². The first-order chi connectivity index (χ1) is 7.88. The maximum absolute atomic E-state index is 12.1. The van der Waals surface area contributed by atoms with E-state index < -0.39 is 15.1 Å². The Bertz CT molecular complexity index is 482. The van der Waals surface area contributed by atoms with Gasteiger partial charge in [-0.05, 0) is 26.0 Å². The zero-order valence-corrected chi connectivity index (χ0v) is 11.1. The van der Waals surface area contributed by atoms with Gasteiger partial charge in [-0.1, -0.05) is 18.2 Å². The molecule has 0 N–H and O–H groups in total. The number of nitrogens with zero attached hydrogens (tertiary/aromatic N) is 1. The minimum Gasteiger partial charge on any atom is -0.312 e. The molecule has 0 aliphatic heterocycles. The van der Waals surface area contributed by atoms with Gasteiger partial charge in [-0.2, -0.15) is 0 Å². The Morgan fingerprint density at radius 3 is 2.24 bits per heavy atom. The van der Waals surface area contributed by atoms with Gasteiger partial charge in [-0.3, -0.25) is 4.79 Å². The number of rotatable bonds is 4. The van der Waals surface area contributed by atoms with Gasteiger partial charge in [0, 0.05) is 18.5 Å². The summed E-state index contributed by atoms with van der Waals surface area (Å²) >= 11 is 0. The highest BCUT2D eigenvalue weighted by molar-refractivity contribution is 7.92. The minimum atomic E-state index is -3.36. The van der Waals surface area contributed by atoms with Crippen molar-refractivity contribution in [2.45, 2.75) is 19.1 Å². The van der Waals surface area contributed by atoms with E-state index in [9.17, 15) is 13.2 Å². The Labute approximate surface area is 102 Å². The van der Waals surface area contributed by atoms with E-state index in [0.717, 1.165) is 11.9 Å². The molecule has 1 amide bonds. The van der Waals surface area contributed by atoms with Crippen molar-refractivity contribution in [1.29, 1.82) is 0 Å². The molecule has 0 saturated heterocycles. The fourth-order valence-electron chi connectivity index (χ4n) is 1.48. The third-order valence-corrected chi connectivity index (χ3v) is 4.13. The van der Waals surface area contributed by atoms with Gasteiger partial charge >= 0.3 is 0 Å². The predicted octanol–water partition coefficient (Wildman–Crippen LogP) is 1.47. The maximum atomic E-state index is 12.1. The number of hydrogen-bond donors (Lipinski definition) is 0. The predicted molar refractivity (Wildman–Crippen MR) is 68.8 cm³/mol. The molecule has 1 atom stereocenters. The molecule has 0 aromatic heterocycles. The molecule has 0 fully saturated rings. The van der Waals surface area contributed by atoms with Gasteiger partial charge in [0.15, 0.2) is 9.84 Å². The highest BCUT2D eigenvalue weighted by atomic mass is 32.2. The van der Waals surface area contributed by atoms with Crippen LogP contribution in [0.4, 0.5) is 5.69 Å². The summed E-state index contributed by atoms with van der Waals surface area (Å²) in [6.07, 6.45) is 1.08. The summed E-state index contributed by atoms with van der Waals surface area (Å²) in [5, 5.41) is -1.01. The molecule has 0 radical (unpaired) electrons. The summed E-state index contributed by atoms with van der Waals surface area (Å²) in [6.45, 7) is 3.69. The van der Waals surface area contributed by atoms with Crippen molar-refractivity contribution in [1.82, 2.24) is 0 Å². The van der Waals surface area contributed by atoms with Crippen molar-refractivity contribution in [3.8, 4) is 0 Å². The van der Waals surface area contributed by atoms with Gasteiger partial charge in [-0.25, -0.2) is 8.42 Å². The van der Waals surface area contributed by atoms with E-state index in [-0.39, 0.29) is 5.91 Å². The number of anilines is 1. The largest absolute Gasteiger partial charge is 0.312 e. The van der Waals surface area contributed by atoms with Gasteiger partial charge in [0.2, 0.25) is 5.91 Å². The Kier molecular flexibility index (Phi) is 4.28. The van der Waals surface area contributed by atoms with E-state index in [4.69, 9.17) is 0 Å². The van der Waals surface area contributed by atoms with Crippen LogP contribution >= 0.6 is 0 Å². The van der Waals surface area contributed by atoms with Crippen molar-refractivity contribution in [3.05, 3.63) is 30.3 Å². The number of sulfone groups is 1. The van der Waals surface area contributed by atoms with Crippen LogP contribution in [0.25, 0.3) is 0 Å². The lowest BCUT2D eigenvalue weighted by molar-refractivity contribution is -0.117. The molecule has 0 heterocycles. The third kappa shape index (κ3) is 3.30. The van der Waals surface area contributed by atoms with E-state index >= 15 is 0 Å². The molecule has 94 valence electrons. The highest BCUT2D eigenvalue weighted by Gasteiger charge is 2.28. The molecular formula is C12H17NO3S. The lowest BCUT2D eigenvalue weighted by Crippen LogP contribution is -2.41. The van der Waals surface area contributed by atoms with E-state index in [1.165, 1.54) is 11.8 Å². The van der Waals surface area contributed by atoms with Gasteiger partial charge < -0.3 is 4.90 Å². The monoisotopic (exact) mass is 255 g/mol. The quantitative estimate of drug-likeness (QED) is 0.818. The molecular weight excluding hydrogens is 238 g/mol. The first-order valence-electron chi connectivity index (χ1n) is 5.43. The Morgan fingerprint density at radius 1 is 1.29 bits per heavy atom. The van der Waals surface area contributed by atoms with Crippen LogP contribution < -0.4 is 4.90 Å². The molecule has 0 spiro atoms. The summed E-state index contributed by atoms with van der Waals surface area (Å²) < 4.78 is 22.8. The molecule has 1 aromatic carbocycles. The van der Waals surface area contributed by atoms with Crippen molar-refractivity contribution < 1.29 is 13.2 Å². The van der Waals surface area contributed by atoms with E-state index in [1.54, 1.807) is 12.1 Å². The molecule has 0 aliphatic rings. The summed E-state index contributed by atoms with van der Waals surface area (Å²) in [7, 11) is -3.36. The van der Waals surface area contributed by atoms with Crippen LogP contribution in [0.2, 0.25) is 0 Å². The summed E-state index contributed by atoms with van der Waals surface area (Å²) in [5.41, 5.74) is 0.718. The zero-order valence-electron chi connectivity index (χ0n) is 10.3. The fraction of sp³-hybridized carbons (Fsp3) is 0.417. The normalized spacial score (nSPS) is 13.1. The van der Waals surface area contributed by atoms with Gasteiger partial charge in [0.1, 0.15) is 5.25 Å². The van der Waals surface area contributed by atoms with Crippen molar-refractivity contribution >= 4 is 21.4 Å². The molecule has 0 bridgehead atoms. The second-order valence-corrected chi connectivity index (χ2v) is 6.26. The van der Waals surface area contributed by atoms with Gasteiger partial charge in [0.05, 0.1) is 0 Å². The van der Waals surface area contributed by atoms with Crippen LogP contribution in [0.3, 0.4) is 0 Å². The molecule has 1 aromatic rings. The number of carbonyl (C=O) groups is 1. The molecule has 1 rings (SSSR count). The Hall–Kier alpha value is -1.36. The Morgan fingerprint density at radius 2 is 1.82 bits per heavy atom. The lowest BCUT2D eigenvalue weighted by atomic mass is 10.2. The second kappa shape index (κ2) is 5.31. The summed E-state index contributed by atoms with van der Waals surface area (Å²) in [6, 6.07) is 9.06. The van der Waals surface area contributed by atoms with Gasteiger partial charge in [-0.15, -0.1) is 0 Å². The summed E-state index contributed by atoms with van der Waals surface area (Å²) in [5.74, 6) is -0.388. The first kappa shape index (κ1) is 13.7. The van der Waals surface area contributed by atoms with Crippen LogP contribution in [0, 0.1) is 0 Å². The Balaban J connectivity index is 3.01. The number of hydrogen-bond acceptors (Lipinski definition) is 3. The number of benzene rings is 1. The first-order valence-corrected chi connectivity index (χ1v) is 7.38. The van der Waals surface area contributed by atoms with Crippen molar-refractivity contribution in [2.24, 2.45) is 0 Å². The SMILES string of the molecule is CCN(C(=O)C(C)S(C)(=O)=O)c1ccccc1. The van der Waals surface area contributed by atoms with Crippen LogP contribution in [-0.4, -0.2) is 32.4 Å². The zero-order chi connectivity index (χ0) is 13.1. The second-order valence-electron chi connectivity index (χ2n) is 3.89. The van der Waals surface area contributed by atoms with E-state index in [2.05, 4.69) is 0 Å². The van der Waals surface area contributed by atoms with Crippen LogP contribution in [0.1, 0.15) is 13.8 Å². The van der Waals surface area contributed by atoms with E-state index in [1.807, 2.05) is 25.1 Å². The lowest BCUT2D eigenvalue weighted by Gasteiger charge is -2.23. The molecule has 0 aliphatic carbocycles. The standard InChI is InChI=1S/C12H17NO3S/c1-4-13(11-8-6-5-7-9-11)12(14)10(2)17(3,15)16/h5-10H,4H2,1-3H3. The van der Waals surface area contributed by atoms with Crippen LogP contribution in [0.15, 0.2) is 30.3 Å². The average Bonchev–Trinajstić information content (AvgIpc) is 2.29. The molecule has 0 saturated carbocycles. The maximum Gasteiger partial charge on any atom is 0.245 e.